The Morgan fingerprint density at radius 3 is 2.89 bits per heavy atom. The molecule has 0 spiro atoms. The van der Waals surface area contributed by atoms with E-state index in [1.165, 1.54) is 7.11 Å². The summed E-state index contributed by atoms with van der Waals surface area (Å²) in [5, 5.41) is 12.8. The molecule has 1 aliphatic carbocycles. The van der Waals surface area contributed by atoms with Gasteiger partial charge in [0, 0.05) is 6.20 Å². The zero-order chi connectivity index (χ0) is 13.0. The Labute approximate surface area is 106 Å². The smallest absolute Gasteiger partial charge is 0.341 e. The van der Waals surface area contributed by atoms with Crippen LogP contribution in [0, 0.1) is 0 Å². The van der Waals surface area contributed by atoms with E-state index in [1.807, 2.05) is 0 Å². The Morgan fingerprint density at radius 2 is 2.28 bits per heavy atom. The Hall–Kier alpha value is -1.62. The first-order valence-corrected chi connectivity index (χ1v) is 6.13. The maximum atomic E-state index is 11.6. The van der Waals surface area contributed by atoms with Crippen LogP contribution < -0.4 is 5.32 Å². The zero-order valence-corrected chi connectivity index (χ0v) is 10.5. The maximum Gasteiger partial charge on any atom is 0.341 e. The zero-order valence-electron chi connectivity index (χ0n) is 10.5. The summed E-state index contributed by atoms with van der Waals surface area (Å²) in [6.45, 7) is 0.0458. The standard InChI is InChI=1S/C13H18N2O3/c1-18-12(17)10-5-4-8-14-11(10)15-13(9-16)6-2-3-7-13/h4-5,8,16H,2-3,6-7,9H2,1H3,(H,14,15). The number of rotatable bonds is 4. The van der Waals surface area contributed by atoms with Crippen LogP contribution in [-0.4, -0.2) is 35.3 Å². The number of ether oxygens (including phenoxy) is 1. The average molecular weight is 250 g/mol. The molecule has 0 bridgehead atoms. The van der Waals surface area contributed by atoms with Gasteiger partial charge in [0.1, 0.15) is 11.4 Å². The number of carbonyl (C=O) groups is 1. The van der Waals surface area contributed by atoms with Crippen LogP contribution in [0.2, 0.25) is 0 Å². The van der Waals surface area contributed by atoms with E-state index in [1.54, 1.807) is 18.3 Å². The summed E-state index contributed by atoms with van der Waals surface area (Å²) < 4.78 is 4.73. The van der Waals surface area contributed by atoms with Crippen molar-refractivity contribution in [3.05, 3.63) is 23.9 Å². The van der Waals surface area contributed by atoms with E-state index >= 15 is 0 Å². The summed E-state index contributed by atoms with van der Waals surface area (Å²) in [6, 6.07) is 3.36. The van der Waals surface area contributed by atoms with E-state index in [0.29, 0.717) is 11.4 Å². The van der Waals surface area contributed by atoms with Gasteiger partial charge in [0.15, 0.2) is 0 Å². The lowest BCUT2D eigenvalue weighted by atomic mass is 9.98. The van der Waals surface area contributed by atoms with E-state index in [9.17, 15) is 9.90 Å². The van der Waals surface area contributed by atoms with Crippen LogP contribution in [0.25, 0.3) is 0 Å². The quantitative estimate of drug-likeness (QED) is 0.794. The van der Waals surface area contributed by atoms with Gasteiger partial charge in [-0.2, -0.15) is 0 Å². The number of esters is 1. The fourth-order valence-electron chi connectivity index (χ4n) is 2.41. The van der Waals surface area contributed by atoms with Crippen LogP contribution in [0.1, 0.15) is 36.0 Å². The molecule has 1 saturated carbocycles. The van der Waals surface area contributed by atoms with Crippen molar-refractivity contribution < 1.29 is 14.6 Å². The number of pyridine rings is 1. The average Bonchev–Trinajstić information content (AvgIpc) is 2.88. The van der Waals surface area contributed by atoms with Crippen LogP contribution in [0.5, 0.6) is 0 Å². The molecule has 98 valence electrons. The highest BCUT2D eigenvalue weighted by molar-refractivity contribution is 5.94. The number of hydrogen-bond donors (Lipinski definition) is 2. The van der Waals surface area contributed by atoms with E-state index in [-0.39, 0.29) is 12.1 Å². The summed E-state index contributed by atoms with van der Waals surface area (Å²) in [5.41, 5.74) is 0.0524. The van der Waals surface area contributed by atoms with Crippen molar-refractivity contribution in [1.29, 1.82) is 0 Å². The summed E-state index contributed by atoms with van der Waals surface area (Å²) in [5.74, 6) is 0.0667. The number of carbonyl (C=O) groups excluding carboxylic acids is 1. The molecule has 1 aromatic rings. The molecular formula is C13H18N2O3. The third kappa shape index (κ3) is 2.46. The SMILES string of the molecule is COC(=O)c1cccnc1NC1(CO)CCCC1. The lowest BCUT2D eigenvalue weighted by Crippen LogP contribution is -2.39. The maximum absolute atomic E-state index is 11.6. The van der Waals surface area contributed by atoms with E-state index in [2.05, 4.69) is 10.3 Å². The van der Waals surface area contributed by atoms with Crippen molar-refractivity contribution in [2.75, 3.05) is 19.0 Å². The molecule has 0 aromatic carbocycles. The molecule has 5 nitrogen and oxygen atoms in total. The number of anilines is 1. The number of hydrogen-bond acceptors (Lipinski definition) is 5. The Morgan fingerprint density at radius 1 is 1.56 bits per heavy atom. The van der Waals surface area contributed by atoms with E-state index in [0.717, 1.165) is 25.7 Å². The second-order valence-electron chi connectivity index (χ2n) is 4.66. The predicted octanol–water partition coefficient (Wildman–Crippen LogP) is 1.59. The van der Waals surface area contributed by atoms with Crippen molar-refractivity contribution >= 4 is 11.8 Å². The van der Waals surface area contributed by atoms with Gasteiger partial charge in [-0.25, -0.2) is 9.78 Å². The highest BCUT2D eigenvalue weighted by Gasteiger charge is 2.34. The van der Waals surface area contributed by atoms with Crippen LogP contribution in [-0.2, 0) is 4.74 Å². The van der Waals surface area contributed by atoms with Gasteiger partial charge >= 0.3 is 5.97 Å². The minimum atomic E-state index is -0.420. The van der Waals surface area contributed by atoms with Gasteiger partial charge in [-0.05, 0) is 25.0 Å². The molecule has 0 atom stereocenters. The third-order valence-corrected chi connectivity index (χ3v) is 3.46. The molecule has 1 aliphatic rings. The Balaban J connectivity index is 2.25. The van der Waals surface area contributed by atoms with Crippen LogP contribution in [0.3, 0.4) is 0 Å². The molecule has 5 heteroatoms. The van der Waals surface area contributed by atoms with Crippen molar-refractivity contribution in [2.45, 2.75) is 31.2 Å². The van der Waals surface area contributed by atoms with Gasteiger partial charge in [0.05, 0.1) is 19.3 Å². The molecule has 1 fully saturated rings. The number of aromatic nitrogens is 1. The van der Waals surface area contributed by atoms with Crippen LogP contribution >= 0.6 is 0 Å². The van der Waals surface area contributed by atoms with Crippen LogP contribution in [0.15, 0.2) is 18.3 Å². The van der Waals surface area contributed by atoms with E-state index in [4.69, 9.17) is 4.74 Å². The van der Waals surface area contributed by atoms with Crippen molar-refractivity contribution in [2.24, 2.45) is 0 Å². The van der Waals surface area contributed by atoms with Crippen molar-refractivity contribution in [3.8, 4) is 0 Å². The molecular weight excluding hydrogens is 232 g/mol. The summed E-state index contributed by atoms with van der Waals surface area (Å²) in [7, 11) is 1.34. The Bertz CT molecular complexity index is 428. The Kier molecular flexibility index (Phi) is 3.81. The molecule has 1 heterocycles. The molecule has 0 aliphatic heterocycles. The highest BCUT2D eigenvalue weighted by atomic mass is 16.5. The molecule has 2 rings (SSSR count). The van der Waals surface area contributed by atoms with Gasteiger partial charge in [-0.3, -0.25) is 0 Å². The predicted molar refractivity (Wildman–Crippen MR) is 67.5 cm³/mol. The minimum absolute atomic E-state index is 0.0458. The summed E-state index contributed by atoms with van der Waals surface area (Å²) in [4.78, 5) is 15.8. The highest BCUT2D eigenvalue weighted by Crippen LogP contribution is 2.33. The van der Waals surface area contributed by atoms with Gasteiger partial charge < -0.3 is 15.2 Å². The normalized spacial score (nSPS) is 17.4. The first-order valence-electron chi connectivity index (χ1n) is 6.13. The molecule has 0 unspecified atom stereocenters. The first kappa shape index (κ1) is 12.8. The van der Waals surface area contributed by atoms with Crippen LogP contribution in [0.4, 0.5) is 5.82 Å². The monoisotopic (exact) mass is 250 g/mol. The summed E-state index contributed by atoms with van der Waals surface area (Å²) in [6.07, 6.45) is 5.55. The molecule has 0 radical (unpaired) electrons. The number of methoxy groups -OCH3 is 1. The van der Waals surface area contributed by atoms with Gasteiger partial charge in [0.2, 0.25) is 0 Å². The molecule has 0 amide bonds. The number of nitrogens with one attached hydrogen (secondary N) is 1. The van der Waals surface area contributed by atoms with E-state index < -0.39 is 5.97 Å². The van der Waals surface area contributed by atoms with Crippen molar-refractivity contribution in [3.63, 3.8) is 0 Å². The van der Waals surface area contributed by atoms with Gasteiger partial charge in [-0.1, -0.05) is 12.8 Å². The number of nitrogens with zero attached hydrogens (tertiary/aromatic N) is 1. The lowest BCUT2D eigenvalue weighted by molar-refractivity contribution is 0.0601. The minimum Gasteiger partial charge on any atom is -0.465 e. The largest absolute Gasteiger partial charge is 0.465 e. The second-order valence-corrected chi connectivity index (χ2v) is 4.66. The van der Waals surface area contributed by atoms with Gasteiger partial charge in [0.25, 0.3) is 0 Å². The lowest BCUT2D eigenvalue weighted by Gasteiger charge is -2.29. The summed E-state index contributed by atoms with van der Waals surface area (Å²) >= 11 is 0. The molecule has 18 heavy (non-hydrogen) atoms. The topological polar surface area (TPSA) is 71.5 Å². The fraction of sp³-hybridized carbons (Fsp3) is 0.538. The second kappa shape index (κ2) is 5.35. The molecule has 1 aromatic heterocycles. The van der Waals surface area contributed by atoms with Gasteiger partial charge in [-0.15, -0.1) is 0 Å². The third-order valence-electron chi connectivity index (χ3n) is 3.46. The fourth-order valence-corrected chi connectivity index (χ4v) is 2.41. The van der Waals surface area contributed by atoms with Crippen molar-refractivity contribution in [1.82, 2.24) is 4.98 Å². The molecule has 2 N–H and O–H groups in total. The number of aliphatic hydroxyl groups excluding tert-OH is 1. The number of aliphatic hydroxyl groups is 1. The molecule has 0 saturated heterocycles. The first-order chi connectivity index (χ1) is 8.71.